The molecule has 1 N–H and O–H groups in total. The summed E-state index contributed by atoms with van der Waals surface area (Å²) in [6, 6.07) is 12.5. The van der Waals surface area contributed by atoms with Crippen molar-refractivity contribution >= 4 is 5.91 Å². The van der Waals surface area contributed by atoms with E-state index in [1.165, 1.54) is 30.4 Å². The SMILES string of the molecule is Cc1cccc(OC(C)C(=O)NC(C)c2ccc3c(c2)CCCC3)c1C. The van der Waals surface area contributed by atoms with E-state index in [0.717, 1.165) is 28.9 Å². The molecule has 0 saturated heterocycles. The Labute approximate surface area is 156 Å². The lowest BCUT2D eigenvalue weighted by Crippen LogP contribution is -2.38. The maximum atomic E-state index is 12.6. The summed E-state index contributed by atoms with van der Waals surface area (Å²) >= 11 is 0. The quantitative estimate of drug-likeness (QED) is 0.838. The van der Waals surface area contributed by atoms with Gasteiger partial charge in [0.05, 0.1) is 6.04 Å². The zero-order valence-corrected chi connectivity index (χ0v) is 16.3. The summed E-state index contributed by atoms with van der Waals surface area (Å²) < 4.78 is 5.90. The van der Waals surface area contributed by atoms with Crippen molar-refractivity contribution in [1.82, 2.24) is 5.32 Å². The molecule has 3 heteroatoms. The van der Waals surface area contributed by atoms with Crippen LogP contribution in [-0.4, -0.2) is 12.0 Å². The van der Waals surface area contributed by atoms with Crippen LogP contribution in [0.25, 0.3) is 0 Å². The van der Waals surface area contributed by atoms with Crippen LogP contribution in [0.2, 0.25) is 0 Å². The topological polar surface area (TPSA) is 38.3 Å². The largest absolute Gasteiger partial charge is 0.481 e. The lowest BCUT2D eigenvalue weighted by Gasteiger charge is -2.22. The molecule has 138 valence electrons. The number of ether oxygens (including phenoxy) is 1. The summed E-state index contributed by atoms with van der Waals surface area (Å²) in [7, 11) is 0. The molecular formula is C23H29NO2. The Kier molecular flexibility index (Phi) is 5.65. The van der Waals surface area contributed by atoms with E-state index in [1.54, 1.807) is 6.92 Å². The molecule has 1 amide bonds. The fourth-order valence-electron chi connectivity index (χ4n) is 3.53. The van der Waals surface area contributed by atoms with Crippen molar-refractivity contribution in [3.8, 4) is 5.75 Å². The molecule has 0 aromatic heterocycles. The molecule has 2 aromatic rings. The number of carbonyl (C=O) groups excluding carboxylic acids is 1. The second-order valence-electron chi connectivity index (χ2n) is 7.42. The maximum Gasteiger partial charge on any atom is 0.261 e. The molecule has 0 heterocycles. The van der Waals surface area contributed by atoms with Gasteiger partial charge in [0.2, 0.25) is 0 Å². The van der Waals surface area contributed by atoms with Crippen LogP contribution >= 0.6 is 0 Å². The average molecular weight is 351 g/mol. The Morgan fingerprint density at radius 3 is 2.54 bits per heavy atom. The first kappa shape index (κ1) is 18.5. The summed E-state index contributed by atoms with van der Waals surface area (Å²) in [6.07, 6.45) is 4.34. The molecule has 0 spiro atoms. The van der Waals surface area contributed by atoms with E-state index < -0.39 is 6.10 Å². The van der Waals surface area contributed by atoms with Gasteiger partial charge in [0.1, 0.15) is 5.75 Å². The predicted octanol–water partition coefficient (Wildman–Crippen LogP) is 4.83. The minimum atomic E-state index is -0.532. The summed E-state index contributed by atoms with van der Waals surface area (Å²) in [6.45, 7) is 7.90. The zero-order valence-electron chi connectivity index (χ0n) is 16.3. The van der Waals surface area contributed by atoms with Crippen LogP contribution in [0.1, 0.15) is 60.5 Å². The molecule has 2 atom stereocenters. The van der Waals surface area contributed by atoms with Gasteiger partial charge in [-0.05, 0) is 87.3 Å². The van der Waals surface area contributed by atoms with E-state index in [-0.39, 0.29) is 11.9 Å². The Balaban J connectivity index is 1.64. The molecule has 3 nitrogen and oxygen atoms in total. The number of fused-ring (bicyclic) bond motifs is 1. The average Bonchev–Trinajstić information content (AvgIpc) is 2.64. The Morgan fingerprint density at radius 2 is 1.77 bits per heavy atom. The molecule has 1 aliphatic carbocycles. The fourth-order valence-corrected chi connectivity index (χ4v) is 3.53. The van der Waals surface area contributed by atoms with Gasteiger partial charge in [-0.1, -0.05) is 30.3 Å². The summed E-state index contributed by atoms with van der Waals surface area (Å²) in [4.78, 5) is 12.6. The molecule has 3 rings (SSSR count). The van der Waals surface area contributed by atoms with Crippen LogP contribution < -0.4 is 10.1 Å². The van der Waals surface area contributed by atoms with Crippen LogP contribution in [-0.2, 0) is 17.6 Å². The van der Waals surface area contributed by atoms with Gasteiger partial charge in [0.25, 0.3) is 5.91 Å². The van der Waals surface area contributed by atoms with Crippen LogP contribution in [0.3, 0.4) is 0 Å². The number of benzene rings is 2. The van der Waals surface area contributed by atoms with Crippen molar-refractivity contribution in [2.45, 2.75) is 65.5 Å². The minimum Gasteiger partial charge on any atom is -0.481 e. The van der Waals surface area contributed by atoms with Gasteiger partial charge >= 0.3 is 0 Å². The van der Waals surface area contributed by atoms with Crippen molar-refractivity contribution in [2.24, 2.45) is 0 Å². The molecule has 1 aliphatic rings. The smallest absolute Gasteiger partial charge is 0.261 e. The first-order valence-electron chi connectivity index (χ1n) is 9.60. The summed E-state index contributed by atoms with van der Waals surface area (Å²) in [5.41, 5.74) is 6.31. The normalized spacial score (nSPS) is 15.7. The lowest BCUT2D eigenvalue weighted by atomic mass is 9.89. The number of rotatable bonds is 5. The van der Waals surface area contributed by atoms with Gasteiger partial charge < -0.3 is 10.1 Å². The summed E-state index contributed by atoms with van der Waals surface area (Å²) in [5, 5.41) is 3.09. The lowest BCUT2D eigenvalue weighted by molar-refractivity contribution is -0.127. The van der Waals surface area contributed by atoms with E-state index in [9.17, 15) is 4.79 Å². The minimum absolute atomic E-state index is 0.0283. The van der Waals surface area contributed by atoms with Gasteiger partial charge in [0.15, 0.2) is 6.10 Å². The van der Waals surface area contributed by atoms with Gasteiger partial charge in [0, 0.05) is 0 Å². The van der Waals surface area contributed by atoms with Crippen LogP contribution in [0.5, 0.6) is 5.75 Å². The highest BCUT2D eigenvalue weighted by Gasteiger charge is 2.19. The number of aryl methyl sites for hydroxylation is 3. The maximum absolute atomic E-state index is 12.6. The van der Waals surface area contributed by atoms with E-state index in [1.807, 2.05) is 39.0 Å². The van der Waals surface area contributed by atoms with Crippen molar-refractivity contribution in [3.05, 3.63) is 64.2 Å². The number of amides is 1. The van der Waals surface area contributed by atoms with Gasteiger partial charge in [-0.15, -0.1) is 0 Å². The van der Waals surface area contributed by atoms with E-state index >= 15 is 0 Å². The highest BCUT2D eigenvalue weighted by molar-refractivity contribution is 5.81. The molecule has 0 bridgehead atoms. The molecular weight excluding hydrogens is 322 g/mol. The molecule has 2 aromatic carbocycles. The fraction of sp³-hybridized carbons (Fsp3) is 0.435. The van der Waals surface area contributed by atoms with Crippen molar-refractivity contribution in [1.29, 1.82) is 0 Å². The van der Waals surface area contributed by atoms with Crippen LogP contribution in [0.4, 0.5) is 0 Å². The molecule has 26 heavy (non-hydrogen) atoms. The molecule has 0 aliphatic heterocycles. The van der Waals surface area contributed by atoms with Crippen LogP contribution in [0.15, 0.2) is 36.4 Å². The van der Waals surface area contributed by atoms with Crippen molar-refractivity contribution in [2.75, 3.05) is 0 Å². The third kappa shape index (κ3) is 4.09. The molecule has 0 radical (unpaired) electrons. The Morgan fingerprint density at radius 1 is 1.04 bits per heavy atom. The highest BCUT2D eigenvalue weighted by atomic mass is 16.5. The van der Waals surface area contributed by atoms with Gasteiger partial charge in [-0.3, -0.25) is 4.79 Å². The number of carbonyl (C=O) groups is 1. The van der Waals surface area contributed by atoms with E-state index in [0.29, 0.717) is 0 Å². The number of hydrogen-bond acceptors (Lipinski definition) is 2. The zero-order chi connectivity index (χ0) is 18.7. The third-order valence-electron chi connectivity index (χ3n) is 5.46. The van der Waals surface area contributed by atoms with E-state index in [2.05, 4.69) is 23.5 Å². The summed E-state index contributed by atoms with van der Waals surface area (Å²) in [5.74, 6) is 0.685. The molecule has 0 saturated carbocycles. The van der Waals surface area contributed by atoms with Crippen LogP contribution in [0, 0.1) is 13.8 Å². The molecule has 2 unspecified atom stereocenters. The highest BCUT2D eigenvalue weighted by Crippen LogP contribution is 2.25. The number of nitrogens with one attached hydrogen (secondary N) is 1. The second-order valence-corrected chi connectivity index (χ2v) is 7.42. The Hall–Kier alpha value is -2.29. The third-order valence-corrected chi connectivity index (χ3v) is 5.46. The van der Waals surface area contributed by atoms with Gasteiger partial charge in [-0.2, -0.15) is 0 Å². The van der Waals surface area contributed by atoms with E-state index in [4.69, 9.17) is 4.74 Å². The van der Waals surface area contributed by atoms with Crippen molar-refractivity contribution < 1.29 is 9.53 Å². The second kappa shape index (κ2) is 7.94. The predicted molar refractivity (Wildman–Crippen MR) is 106 cm³/mol. The number of hydrogen-bond donors (Lipinski definition) is 1. The van der Waals surface area contributed by atoms with Gasteiger partial charge in [-0.25, -0.2) is 0 Å². The standard InChI is InChI=1S/C23H29NO2/c1-15-8-7-11-22(16(15)2)26-18(4)23(25)24-17(3)20-13-12-19-9-5-6-10-21(19)14-20/h7-8,11-14,17-18H,5-6,9-10H2,1-4H3,(H,24,25). The molecule has 0 fully saturated rings. The Bertz CT molecular complexity index is 797. The monoisotopic (exact) mass is 351 g/mol. The van der Waals surface area contributed by atoms with Crippen molar-refractivity contribution in [3.63, 3.8) is 0 Å². The first-order chi connectivity index (χ1) is 12.5. The first-order valence-corrected chi connectivity index (χ1v) is 9.60.